The third-order valence-corrected chi connectivity index (χ3v) is 2.32. The van der Waals surface area contributed by atoms with Crippen molar-refractivity contribution in [2.24, 2.45) is 5.92 Å². The van der Waals surface area contributed by atoms with Gasteiger partial charge >= 0.3 is 0 Å². The molecule has 0 spiro atoms. The monoisotopic (exact) mass is 201 g/mol. The maximum Gasteiger partial charge on any atom is 0.0718 e. The van der Waals surface area contributed by atoms with Crippen LogP contribution in [0.15, 0.2) is 0 Å². The standard InChI is InChI=1S/C11H23NO2/c1-11(2,13)9-12(3)6-7-14-8-10-4-5-10/h10,13H,4-9H2,1-3H3. The molecule has 1 N–H and O–H groups in total. The van der Waals surface area contributed by atoms with Crippen LogP contribution in [0.1, 0.15) is 26.7 Å². The lowest BCUT2D eigenvalue weighted by atomic mass is 10.1. The zero-order valence-electron chi connectivity index (χ0n) is 9.62. The highest BCUT2D eigenvalue weighted by Gasteiger charge is 2.21. The lowest BCUT2D eigenvalue weighted by Gasteiger charge is -2.25. The molecule has 3 nitrogen and oxygen atoms in total. The Labute approximate surface area is 87.1 Å². The van der Waals surface area contributed by atoms with Crippen molar-refractivity contribution >= 4 is 0 Å². The van der Waals surface area contributed by atoms with Gasteiger partial charge in [0.25, 0.3) is 0 Å². The average Bonchev–Trinajstić information content (AvgIpc) is 2.77. The Hall–Kier alpha value is -0.120. The van der Waals surface area contributed by atoms with Crippen molar-refractivity contribution in [3.8, 4) is 0 Å². The minimum absolute atomic E-state index is 0.606. The van der Waals surface area contributed by atoms with Crippen LogP contribution in [0.3, 0.4) is 0 Å². The van der Waals surface area contributed by atoms with Gasteiger partial charge in [-0.1, -0.05) is 0 Å². The summed E-state index contributed by atoms with van der Waals surface area (Å²) < 4.78 is 5.52. The Balaban J connectivity index is 1.93. The van der Waals surface area contributed by atoms with Crippen molar-refractivity contribution < 1.29 is 9.84 Å². The van der Waals surface area contributed by atoms with Gasteiger partial charge in [0.05, 0.1) is 12.2 Å². The molecule has 84 valence electrons. The van der Waals surface area contributed by atoms with Crippen molar-refractivity contribution in [3.05, 3.63) is 0 Å². The highest BCUT2D eigenvalue weighted by atomic mass is 16.5. The van der Waals surface area contributed by atoms with Crippen molar-refractivity contribution in [1.82, 2.24) is 4.90 Å². The van der Waals surface area contributed by atoms with E-state index in [1.54, 1.807) is 0 Å². The molecule has 0 aromatic rings. The maximum atomic E-state index is 9.56. The molecular weight excluding hydrogens is 178 g/mol. The van der Waals surface area contributed by atoms with Gasteiger partial charge in [0.1, 0.15) is 0 Å². The van der Waals surface area contributed by atoms with Crippen LogP contribution in [0.25, 0.3) is 0 Å². The predicted molar refractivity (Wildman–Crippen MR) is 57.3 cm³/mol. The lowest BCUT2D eigenvalue weighted by molar-refractivity contribution is 0.0313. The molecule has 0 heterocycles. The first-order chi connectivity index (χ1) is 6.47. The Kier molecular flexibility index (Phi) is 4.35. The van der Waals surface area contributed by atoms with E-state index >= 15 is 0 Å². The third kappa shape index (κ3) is 6.35. The third-order valence-electron chi connectivity index (χ3n) is 2.32. The van der Waals surface area contributed by atoms with Crippen LogP contribution in [0.5, 0.6) is 0 Å². The summed E-state index contributed by atoms with van der Waals surface area (Å²) in [6.45, 7) is 6.96. The predicted octanol–water partition coefficient (Wildman–Crippen LogP) is 1.12. The zero-order valence-corrected chi connectivity index (χ0v) is 9.62. The Morgan fingerprint density at radius 2 is 2.07 bits per heavy atom. The molecule has 1 aliphatic rings. The summed E-state index contributed by atoms with van der Waals surface area (Å²) in [5.74, 6) is 0.842. The summed E-state index contributed by atoms with van der Waals surface area (Å²) in [5.41, 5.74) is -0.606. The van der Waals surface area contributed by atoms with E-state index in [0.717, 1.165) is 25.7 Å². The van der Waals surface area contributed by atoms with E-state index in [1.807, 2.05) is 20.9 Å². The van der Waals surface area contributed by atoms with Crippen molar-refractivity contribution in [2.75, 3.05) is 33.4 Å². The smallest absolute Gasteiger partial charge is 0.0718 e. The van der Waals surface area contributed by atoms with E-state index in [4.69, 9.17) is 4.74 Å². The van der Waals surface area contributed by atoms with Gasteiger partial charge < -0.3 is 14.7 Å². The topological polar surface area (TPSA) is 32.7 Å². The van der Waals surface area contributed by atoms with Gasteiger partial charge in [-0.3, -0.25) is 0 Å². The highest BCUT2D eigenvalue weighted by molar-refractivity contribution is 4.72. The molecule has 3 heteroatoms. The number of nitrogens with zero attached hydrogens (tertiary/aromatic N) is 1. The molecule has 1 saturated carbocycles. The molecule has 1 fully saturated rings. The lowest BCUT2D eigenvalue weighted by Crippen LogP contribution is -2.37. The molecule has 0 unspecified atom stereocenters. The molecule has 0 bridgehead atoms. The fourth-order valence-electron chi connectivity index (χ4n) is 1.49. The van der Waals surface area contributed by atoms with Gasteiger partial charge in [-0.2, -0.15) is 0 Å². The SMILES string of the molecule is CN(CCOCC1CC1)CC(C)(C)O. The molecular formula is C11H23NO2. The zero-order chi connectivity index (χ0) is 10.6. The number of likely N-dealkylation sites (N-methyl/N-ethyl adjacent to an activating group) is 1. The van der Waals surface area contributed by atoms with Gasteiger partial charge in [-0.05, 0) is 39.7 Å². The van der Waals surface area contributed by atoms with Gasteiger partial charge in [-0.15, -0.1) is 0 Å². The summed E-state index contributed by atoms with van der Waals surface area (Å²) in [4.78, 5) is 2.10. The average molecular weight is 201 g/mol. The quantitative estimate of drug-likeness (QED) is 0.626. The van der Waals surface area contributed by atoms with Gasteiger partial charge in [0, 0.05) is 19.7 Å². The van der Waals surface area contributed by atoms with Crippen molar-refractivity contribution in [1.29, 1.82) is 0 Å². The summed E-state index contributed by atoms with van der Waals surface area (Å²) in [6.07, 6.45) is 2.69. The van der Waals surface area contributed by atoms with Crippen LogP contribution in [0.2, 0.25) is 0 Å². The summed E-state index contributed by atoms with van der Waals surface area (Å²) in [7, 11) is 2.01. The fraction of sp³-hybridized carbons (Fsp3) is 1.00. The second-order valence-electron chi connectivity index (χ2n) is 5.07. The molecule has 0 amide bonds. The van der Waals surface area contributed by atoms with Crippen LogP contribution < -0.4 is 0 Å². The first kappa shape index (κ1) is 12.0. The van der Waals surface area contributed by atoms with E-state index in [9.17, 15) is 5.11 Å². The van der Waals surface area contributed by atoms with Crippen LogP contribution >= 0.6 is 0 Å². The van der Waals surface area contributed by atoms with Crippen LogP contribution in [0, 0.1) is 5.92 Å². The molecule has 1 rings (SSSR count). The first-order valence-corrected chi connectivity index (χ1v) is 5.46. The summed E-state index contributed by atoms with van der Waals surface area (Å²) >= 11 is 0. The molecule has 14 heavy (non-hydrogen) atoms. The molecule has 0 aromatic heterocycles. The molecule has 0 aromatic carbocycles. The molecule has 0 aliphatic heterocycles. The normalized spacial score (nSPS) is 17.8. The van der Waals surface area contributed by atoms with Crippen molar-refractivity contribution in [3.63, 3.8) is 0 Å². The Morgan fingerprint density at radius 1 is 1.43 bits per heavy atom. The van der Waals surface area contributed by atoms with Crippen LogP contribution in [-0.4, -0.2) is 49.0 Å². The minimum Gasteiger partial charge on any atom is -0.389 e. The van der Waals surface area contributed by atoms with E-state index < -0.39 is 5.60 Å². The minimum atomic E-state index is -0.606. The number of hydrogen-bond donors (Lipinski definition) is 1. The van der Waals surface area contributed by atoms with Gasteiger partial charge in [-0.25, -0.2) is 0 Å². The van der Waals surface area contributed by atoms with E-state index in [2.05, 4.69) is 4.90 Å². The largest absolute Gasteiger partial charge is 0.389 e. The molecule has 0 saturated heterocycles. The van der Waals surface area contributed by atoms with Crippen LogP contribution in [-0.2, 0) is 4.74 Å². The Morgan fingerprint density at radius 3 is 2.57 bits per heavy atom. The second-order valence-corrected chi connectivity index (χ2v) is 5.07. The maximum absolute atomic E-state index is 9.56. The summed E-state index contributed by atoms with van der Waals surface area (Å²) in [5, 5.41) is 9.56. The van der Waals surface area contributed by atoms with E-state index in [0.29, 0.717) is 6.54 Å². The number of rotatable bonds is 7. The first-order valence-electron chi connectivity index (χ1n) is 5.46. The molecule has 0 radical (unpaired) electrons. The van der Waals surface area contributed by atoms with Crippen LogP contribution in [0.4, 0.5) is 0 Å². The highest BCUT2D eigenvalue weighted by Crippen LogP contribution is 2.28. The van der Waals surface area contributed by atoms with E-state index in [-0.39, 0.29) is 0 Å². The second kappa shape index (κ2) is 5.10. The number of hydrogen-bond acceptors (Lipinski definition) is 3. The fourth-order valence-corrected chi connectivity index (χ4v) is 1.49. The van der Waals surface area contributed by atoms with Gasteiger partial charge in [0.15, 0.2) is 0 Å². The summed E-state index contributed by atoms with van der Waals surface area (Å²) in [6, 6.07) is 0. The molecule has 1 aliphatic carbocycles. The Bertz CT molecular complexity index is 161. The number of aliphatic hydroxyl groups is 1. The van der Waals surface area contributed by atoms with Crippen molar-refractivity contribution in [2.45, 2.75) is 32.3 Å². The van der Waals surface area contributed by atoms with E-state index in [1.165, 1.54) is 12.8 Å². The molecule has 0 atom stereocenters. The van der Waals surface area contributed by atoms with Gasteiger partial charge in [0.2, 0.25) is 0 Å². The number of ether oxygens (including phenoxy) is 1.